The molecule has 0 aromatic heterocycles. The van der Waals surface area contributed by atoms with Crippen LogP contribution in [0.4, 0.5) is 0 Å². The molecule has 0 aromatic carbocycles. The van der Waals surface area contributed by atoms with Gasteiger partial charge in [-0.15, -0.1) is 0 Å². The molecule has 0 radical (unpaired) electrons. The van der Waals surface area contributed by atoms with Crippen LogP contribution < -0.4 is 0 Å². The van der Waals surface area contributed by atoms with E-state index in [0.717, 1.165) is 0 Å². The van der Waals surface area contributed by atoms with Gasteiger partial charge in [-0.25, -0.2) is 0 Å². The third kappa shape index (κ3) is 1.59. The number of ether oxygens (including phenoxy) is 1. The summed E-state index contributed by atoms with van der Waals surface area (Å²) in [5, 5.41) is 28.1. The number of aliphatic hydroxyl groups excluding tert-OH is 2. The number of hydrogen-bond donors (Lipinski definition) is 5. The number of hydrogen-bond acceptors (Lipinski definition) is 6. The molecule has 4 nitrogen and oxygen atoms in total. The Morgan fingerprint density at radius 2 is 1.92 bits per heavy atom. The fraction of sp³-hybridized carbons (Fsp3) is 1.00. The topological polar surface area (TPSA) is 69.9 Å². The summed E-state index contributed by atoms with van der Waals surface area (Å²) in [4.78, 5) is 0. The molecule has 0 spiro atoms. The van der Waals surface area contributed by atoms with Crippen LogP contribution in [-0.4, -0.2) is 50.9 Å². The van der Waals surface area contributed by atoms with E-state index in [2.05, 4.69) is 25.3 Å². The summed E-state index contributed by atoms with van der Waals surface area (Å²) in [5.41, 5.74) is 0. The summed E-state index contributed by atoms with van der Waals surface area (Å²) in [6, 6.07) is 0. The van der Waals surface area contributed by atoms with Gasteiger partial charge in [0.15, 0.2) is 0 Å². The Hall–Kier alpha value is 0.540. The Bertz CT molecular complexity index is 168. The van der Waals surface area contributed by atoms with Crippen LogP contribution >= 0.6 is 25.3 Å². The van der Waals surface area contributed by atoms with E-state index in [4.69, 9.17) is 4.74 Å². The van der Waals surface area contributed by atoms with Crippen molar-refractivity contribution in [2.45, 2.75) is 24.1 Å². The SMILES string of the molecule is O[C@@H]1[C@@H](CS)O[C@](O)(CS)[C@H]1O. The average molecular weight is 212 g/mol. The van der Waals surface area contributed by atoms with E-state index in [-0.39, 0.29) is 11.5 Å². The normalized spacial score (nSPS) is 48.2. The maximum Gasteiger partial charge on any atom is 0.204 e. The third-order valence-corrected chi connectivity index (χ3v) is 2.74. The molecular formula is C6H12O4S2. The van der Waals surface area contributed by atoms with Gasteiger partial charge in [-0.05, 0) is 0 Å². The van der Waals surface area contributed by atoms with E-state index in [9.17, 15) is 15.3 Å². The minimum absolute atomic E-state index is 0.0600. The van der Waals surface area contributed by atoms with Crippen LogP contribution in [-0.2, 0) is 4.74 Å². The Morgan fingerprint density at radius 1 is 1.33 bits per heavy atom. The predicted molar refractivity (Wildman–Crippen MR) is 49.5 cm³/mol. The van der Waals surface area contributed by atoms with Gasteiger partial charge in [-0.2, -0.15) is 25.3 Å². The van der Waals surface area contributed by atoms with Crippen LogP contribution in [0.2, 0.25) is 0 Å². The van der Waals surface area contributed by atoms with Gasteiger partial charge in [0, 0.05) is 11.5 Å². The summed E-state index contributed by atoms with van der Waals surface area (Å²) in [5.74, 6) is -1.56. The van der Waals surface area contributed by atoms with Crippen molar-refractivity contribution in [2.75, 3.05) is 11.5 Å². The lowest BCUT2D eigenvalue weighted by Crippen LogP contribution is -2.44. The van der Waals surface area contributed by atoms with Crippen molar-refractivity contribution in [2.24, 2.45) is 0 Å². The third-order valence-electron chi connectivity index (χ3n) is 1.93. The molecule has 0 saturated carbocycles. The Labute approximate surface area is 81.4 Å². The van der Waals surface area contributed by atoms with Crippen molar-refractivity contribution in [3.05, 3.63) is 0 Å². The fourth-order valence-electron chi connectivity index (χ4n) is 1.15. The van der Waals surface area contributed by atoms with Crippen LogP contribution in [0.3, 0.4) is 0 Å². The minimum Gasteiger partial charge on any atom is -0.387 e. The summed E-state index contributed by atoms with van der Waals surface area (Å²) < 4.78 is 4.97. The second-order valence-corrected chi connectivity index (χ2v) is 3.46. The van der Waals surface area contributed by atoms with Gasteiger partial charge >= 0.3 is 0 Å². The number of thiol groups is 2. The standard InChI is InChI=1S/C6H12O4S2/c7-4-3(1-11)10-6(9,2-12)5(4)8/h3-5,7-9,11-12H,1-2H2/t3-,4-,5+,6-/m1/s1. The van der Waals surface area contributed by atoms with Crippen LogP contribution in [0.5, 0.6) is 0 Å². The van der Waals surface area contributed by atoms with Crippen LogP contribution in [0.25, 0.3) is 0 Å². The molecule has 1 rings (SSSR count). The lowest BCUT2D eigenvalue weighted by molar-refractivity contribution is -0.207. The van der Waals surface area contributed by atoms with Crippen molar-refractivity contribution < 1.29 is 20.1 Å². The highest BCUT2D eigenvalue weighted by Crippen LogP contribution is 2.30. The van der Waals surface area contributed by atoms with E-state index >= 15 is 0 Å². The molecule has 4 atom stereocenters. The molecule has 0 aliphatic carbocycles. The summed E-state index contributed by atoms with van der Waals surface area (Å²) in [6.07, 6.45) is -3.05. The van der Waals surface area contributed by atoms with Gasteiger partial charge in [-0.3, -0.25) is 0 Å². The molecule has 1 fully saturated rings. The van der Waals surface area contributed by atoms with Crippen molar-refractivity contribution >= 4 is 25.3 Å². The van der Waals surface area contributed by atoms with Crippen molar-refractivity contribution in [3.8, 4) is 0 Å². The Morgan fingerprint density at radius 3 is 2.17 bits per heavy atom. The molecule has 1 aliphatic heterocycles. The van der Waals surface area contributed by atoms with Crippen LogP contribution in [0.1, 0.15) is 0 Å². The molecule has 0 amide bonds. The second kappa shape index (κ2) is 3.73. The first-order valence-corrected chi connectivity index (χ1v) is 4.79. The highest BCUT2D eigenvalue weighted by molar-refractivity contribution is 7.80. The maximum atomic E-state index is 9.50. The minimum atomic E-state index is -1.74. The van der Waals surface area contributed by atoms with Gasteiger partial charge < -0.3 is 20.1 Å². The van der Waals surface area contributed by atoms with E-state index in [1.165, 1.54) is 0 Å². The van der Waals surface area contributed by atoms with Gasteiger partial charge in [0.25, 0.3) is 0 Å². The lowest BCUT2D eigenvalue weighted by Gasteiger charge is -2.23. The average Bonchev–Trinajstić information content (AvgIpc) is 2.31. The van der Waals surface area contributed by atoms with Gasteiger partial charge in [0.05, 0.1) is 6.10 Å². The Balaban J connectivity index is 2.72. The molecule has 0 bridgehead atoms. The highest BCUT2D eigenvalue weighted by Gasteiger charge is 2.51. The number of rotatable bonds is 2. The van der Waals surface area contributed by atoms with Gasteiger partial charge in [0.2, 0.25) is 5.79 Å². The first kappa shape index (κ1) is 10.6. The molecule has 0 aromatic rings. The lowest BCUT2D eigenvalue weighted by atomic mass is 10.1. The molecule has 72 valence electrons. The first-order chi connectivity index (χ1) is 5.55. The predicted octanol–water partition coefficient (Wildman–Crippen LogP) is -1.34. The molecule has 6 heteroatoms. The quantitative estimate of drug-likeness (QED) is 0.367. The molecule has 1 heterocycles. The van der Waals surface area contributed by atoms with Crippen LogP contribution in [0.15, 0.2) is 0 Å². The number of aliphatic hydroxyl groups is 3. The molecule has 0 unspecified atom stereocenters. The van der Waals surface area contributed by atoms with Crippen LogP contribution in [0, 0.1) is 0 Å². The van der Waals surface area contributed by atoms with E-state index in [0.29, 0.717) is 0 Å². The molecule has 1 saturated heterocycles. The zero-order valence-electron chi connectivity index (χ0n) is 6.29. The zero-order valence-corrected chi connectivity index (χ0v) is 8.08. The second-order valence-electron chi connectivity index (χ2n) is 2.78. The Kier molecular flexibility index (Phi) is 3.30. The van der Waals surface area contributed by atoms with E-state index < -0.39 is 24.1 Å². The highest BCUT2D eigenvalue weighted by atomic mass is 32.1. The summed E-state index contributed by atoms with van der Waals surface area (Å²) in [7, 11) is 0. The largest absolute Gasteiger partial charge is 0.387 e. The zero-order chi connectivity index (χ0) is 9.35. The van der Waals surface area contributed by atoms with Gasteiger partial charge in [-0.1, -0.05) is 0 Å². The van der Waals surface area contributed by atoms with Crippen molar-refractivity contribution in [1.29, 1.82) is 0 Å². The molecule has 1 aliphatic rings. The maximum absolute atomic E-state index is 9.50. The monoisotopic (exact) mass is 212 g/mol. The first-order valence-electron chi connectivity index (χ1n) is 3.53. The van der Waals surface area contributed by atoms with Crippen molar-refractivity contribution in [1.82, 2.24) is 0 Å². The van der Waals surface area contributed by atoms with E-state index in [1.54, 1.807) is 0 Å². The molecule has 12 heavy (non-hydrogen) atoms. The van der Waals surface area contributed by atoms with E-state index in [1.807, 2.05) is 0 Å². The molecule has 3 N–H and O–H groups in total. The molecular weight excluding hydrogens is 200 g/mol. The fourth-order valence-corrected chi connectivity index (χ4v) is 1.70. The smallest absolute Gasteiger partial charge is 0.204 e. The summed E-state index contributed by atoms with van der Waals surface area (Å²) in [6.45, 7) is 0. The van der Waals surface area contributed by atoms with Crippen molar-refractivity contribution in [3.63, 3.8) is 0 Å². The van der Waals surface area contributed by atoms with Gasteiger partial charge in [0.1, 0.15) is 12.2 Å². The summed E-state index contributed by atoms with van der Waals surface area (Å²) >= 11 is 7.71.